The van der Waals surface area contributed by atoms with E-state index in [2.05, 4.69) is 20.2 Å². The van der Waals surface area contributed by atoms with E-state index in [9.17, 15) is 13.5 Å². The van der Waals surface area contributed by atoms with E-state index in [4.69, 9.17) is 16.3 Å². The molecule has 2 aromatic carbocycles. The largest absolute Gasteiger partial charge is 0.492 e. The van der Waals surface area contributed by atoms with Crippen LogP contribution in [0, 0.1) is 0 Å². The Labute approximate surface area is 194 Å². The number of thiophene rings is 1. The molecule has 2 aromatic heterocycles. The van der Waals surface area contributed by atoms with Crippen molar-refractivity contribution in [2.45, 2.75) is 10.3 Å². The zero-order chi connectivity index (χ0) is 22.6. The average Bonchev–Trinajstić information content (AvgIpc) is 3.44. The van der Waals surface area contributed by atoms with Crippen LogP contribution in [0.4, 0.5) is 5.69 Å². The number of aliphatic hydroxyl groups excluding tert-OH is 1. The number of hydrogen-bond donors (Lipinski definition) is 4. The van der Waals surface area contributed by atoms with Crippen molar-refractivity contribution in [3.63, 3.8) is 0 Å². The van der Waals surface area contributed by atoms with Gasteiger partial charge in [0, 0.05) is 30.2 Å². The molecule has 0 saturated heterocycles. The van der Waals surface area contributed by atoms with Crippen molar-refractivity contribution in [2.24, 2.45) is 0 Å². The Bertz CT molecular complexity index is 1290. The van der Waals surface area contributed by atoms with Crippen LogP contribution in [-0.2, 0) is 10.0 Å². The molecule has 0 radical (unpaired) electrons. The molecule has 2 heterocycles. The molecule has 0 saturated carbocycles. The second-order valence-electron chi connectivity index (χ2n) is 6.95. The minimum atomic E-state index is -3.63. The summed E-state index contributed by atoms with van der Waals surface area (Å²) in [7, 11) is -3.63. The van der Waals surface area contributed by atoms with E-state index in [1.54, 1.807) is 47.8 Å². The fraction of sp³-hybridized carbons (Fsp3) is 0.190. The molecule has 0 aliphatic heterocycles. The monoisotopic (exact) mass is 492 g/mol. The summed E-state index contributed by atoms with van der Waals surface area (Å²) in [5, 5.41) is 23.4. The zero-order valence-electron chi connectivity index (χ0n) is 16.8. The molecule has 0 spiro atoms. The van der Waals surface area contributed by atoms with Crippen LogP contribution in [0.15, 0.2) is 64.2 Å². The van der Waals surface area contributed by atoms with Crippen molar-refractivity contribution < 1.29 is 18.3 Å². The van der Waals surface area contributed by atoms with E-state index in [1.807, 2.05) is 12.1 Å². The van der Waals surface area contributed by atoms with Gasteiger partial charge >= 0.3 is 0 Å². The van der Waals surface area contributed by atoms with E-state index >= 15 is 0 Å². The van der Waals surface area contributed by atoms with E-state index in [0.717, 1.165) is 22.2 Å². The second-order valence-corrected chi connectivity index (χ2v) is 10.2. The number of aromatic nitrogens is 2. The van der Waals surface area contributed by atoms with Crippen LogP contribution in [0.1, 0.15) is 11.7 Å². The number of nitrogens with one attached hydrogen (secondary N) is 3. The third kappa shape index (κ3) is 5.40. The normalized spacial score (nSPS) is 12.7. The molecular weight excluding hydrogens is 472 g/mol. The third-order valence-corrected chi connectivity index (χ3v) is 7.72. The minimum Gasteiger partial charge on any atom is -0.492 e. The number of fused-ring (bicyclic) bond motifs is 1. The highest BCUT2D eigenvalue weighted by atomic mass is 35.5. The Morgan fingerprint density at radius 2 is 2.06 bits per heavy atom. The molecule has 4 rings (SSSR count). The lowest BCUT2D eigenvalue weighted by molar-refractivity contribution is 0.172. The smallest absolute Gasteiger partial charge is 0.271 e. The maximum absolute atomic E-state index is 12.4. The van der Waals surface area contributed by atoms with Gasteiger partial charge in [0.15, 0.2) is 0 Å². The van der Waals surface area contributed by atoms with Crippen LogP contribution in [0.3, 0.4) is 0 Å². The molecule has 1 atom stereocenters. The van der Waals surface area contributed by atoms with E-state index in [-0.39, 0.29) is 4.21 Å². The topological polar surface area (TPSA) is 116 Å². The predicted molar refractivity (Wildman–Crippen MR) is 126 cm³/mol. The Morgan fingerprint density at radius 1 is 1.19 bits per heavy atom. The molecule has 168 valence electrons. The number of rotatable bonds is 10. The van der Waals surface area contributed by atoms with Crippen molar-refractivity contribution >= 4 is 49.6 Å². The first-order valence-electron chi connectivity index (χ1n) is 9.74. The van der Waals surface area contributed by atoms with Crippen molar-refractivity contribution in [3.8, 4) is 5.75 Å². The fourth-order valence-electron chi connectivity index (χ4n) is 3.08. The number of nitrogens with zero attached hydrogens (tertiary/aromatic N) is 1. The van der Waals surface area contributed by atoms with Crippen LogP contribution in [0.25, 0.3) is 10.9 Å². The van der Waals surface area contributed by atoms with Gasteiger partial charge in [-0.25, -0.2) is 8.42 Å². The van der Waals surface area contributed by atoms with Crippen molar-refractivity contribution in [1.82, 2.24) is 15.5 Å². The summed E-state index contributed by atoms with van der Waals surface area (Å²) >= 11 is 7.13. The van der Waals surface area contributed by atoms with E-state index in [1.165, 1.54) is 0 Å². The highest BCUT2D eigenvalue weighted by Crippen LogP contribution is 2.25. The molecule has 32 heavy (non-hydrogen) atoms. The van der Waals surface area contributed by atoms with E-state index in [0.29, 0.717) is 41.8 Å². The molecule has 11 heteroatoms. The molecule has 0 bridgehead atoms. The van der Waals surface area contributed by atoms with Crippen LogP contribution in [0.2, 0.25) is 5.15 Å². The molecule has 4 aromatic rings. The molecule has 0 amide bonds. The predicted octanol–water partition coefficient (Wildman–Crippen LogP) is 3.78. The Hall–Kier alpha value is -2.63. The summed E-state index contributed by atoms with van der Waals surface area (Å²) in [5.74, 6) is 0.675. The molecule has 1 unspecified atom stereocenters. The van der Waals surface area contributed by atoms with Crippen molar-refractivity contribution in [3.05, 3.63) is 70.7 Å². The standard InChI is InChI=1S/C21H21ClN4O4S2/c22-21-17-7-6-16(12-18(17)24-25-21)30-9-8-23-13-19(27)14-3-1-4-15(11-14)26-32(28,29)20-5-2-10-31-20/h1-7,10-12,19,23,26-27H,8-9,13H2,(H,24,25). The number of hydrogen-bond acceptors (Lipinski definition) is 7. The first kappa shape index (κ1) is 22.6. The van der Waals surface area contributed by atoms with Gasteiger partial charge in [0.25, 0.3) is 10.0 Å². The number of benzene rings is 2. The van der Waals surface area contributed by atoms with Crippen molar-refractivity contribution in [2.75, 3.05) is 24.4 Å². The first-order chi connectivity index (χ1) is 15.4. The molecule has 8 nitrogen and oxygen atoms in total. The van der Waals surface area contributed by atoms with Crippen LogP contribution in [-0.4, -0.2) is 43.4 Å². The number of ether oxygens (including phenoxy) is 1. The Kier molecular flexibility index (Phi) is 6.97. The SMILES string of the molecule is O=S(=O)(Nc1cccc(C(O)CNCCOc2ccc3c(Cl)[nH]nc3c2)c1)c1cccs1. The summed E-state index contributed by atoms with van der Waals surface area (Å²) in [6.07, 6.45) is -0.802. The fourth-order valence-corrected chi connectivity index (χ4v) is 5.32. The quantitative estimate of drug-likeness (QED) is 0.250. The molecule has 0 aliphatic rings. The third-order valence-electron chi connectivity index (χ3n) is 4.65. The number of aliphatic hydroxyl groups is 1. The highest BCUT2D eigenvalue weighted by Gasteiger charge is 2.16. The number of halogens is 1. The summed E-state index contributed by atoms with van der Waals surface area (Å²) in [4.78, 5) is 0. The van der Waals surface area contributed by atoms with E-state index < -0.39 is 16.1 Å². The zero-order valence-corrected chi connectivity index (χ0v) is 19.2. The summed E-state index contributed by atoms with van der Waals surface area (Å²) in [6.45, 7) is 1.21. The summed E-state index contributed by atoms with van der Waals surface area (Å²) in [5.41, 5.74) is 1.73. The number of H-pyrrole nitrogens is 1. The van der Waals surface area contributed by atoms with Crippen molar-refractivity contribution in [1.29, 1.82) is 0 Å². The lowest BCUT2D eigenvalue weighted by atomic mass is 10.1. The number of anilines is 1. The first-order valence-corrected chi connectivity index (χ1v) is 12.5. The lowest BCUT2D eigenvalue weighted by Gasteiger charge is -2.14. The number of sulfonamides is 1. The van der Waals surface area contributed by atoms with Crippen LogP contribution >= 0.6 is 22.9 Å². The summed E-state index contributed by atoms with van der Waals surface area (Å²) < 4.78 is 33.2. The highest BCUT2D eigenvalue weighted by molar-refractivity contribution is 7.94. The Morgan fingerprint density at radius 3 is 2.88 bits per heavy atom. The number of aromatic amines is 1. The van der Waals surface area contributed by atoms with Gasteiger partial charge in [0.1, 0.15) is 21.7 Å². The average molecular weight is 493 g/mol. The summed E-state index contributed by atoms with van der Waals surface area (Å²) in [6, 6.07) is 15.4. The molecule has 0 aliphatic carbocycles. The molecule has 4 N–H and O–H groups in total. The molecule has 0 fully saturated rings. The lowest BCUT2D eigenvalue weighted by Crippen LogP contribution is -2.26. The van der Waals surface area contributed by atoms with Gasteiger partial charge < -0.3 is 15.2 Å². The van der Waals surface area contributed by atoms with Gasteiger partial charge in [-0.05, 0) is 41.3 Å². The van der Waals surface area contributed by atoms with Gasteiger partial charge in [0.2, 0.25) is 0 Å². The van der Waals surface area contributed by atoms with Crippen LogP contribution in [0.5, 0.6) is 5.75 Å². The van der Waals surface area contributed by atoms with Gasteiger partial charge in [0.05, 0.1) is 11.6 Å². The Balaban J connectivity index is 1.25. The van der Waals surface area contributed by atoms with Gasteiger partial charge in [-0.1, -0.05) is 29.8 Å². The van der Waals surface area contributed by atoms with Gasteiger partial charge in [-0.2, -0.15) is 5.10 Å². The van der Waals surface area contributed by atoms with Crippen LogP contribution < -0.4 is 14.8 Å². The van der Waals surface area contributed by atoms with Gasteiger partial charge in [-0.3, -0.25) is 9.82 Å². The molecular formula is C21H21ClN4O4S2. The van der Waals surface area contributed by atoms with Gasteiger partial charge in [-0.15, -0.1) is 11.3 Å². The maximum atomic E-state index is 12.4. The minimum absolute atomic E-state index is 0.236. The maximum Gasteiger partial charge on any atom is 0.271 e. The second kappa shape index (κ2) is 9.88.